The summed E-state index contributed by atoms with van der Waals surface area (Å²) in [7, 11) is -4.17. The van der Waals surface area contributed by atoms with Gasteiger partial charge in [0.25, 0.3) is 15.7 Å². The number of carbonyl (C=O) groups is 1. The van der Waals surface area contributed by atoms with Gasteiger partial charge in [-0.3, -0.25) is 14.9 Å². The monoisotopic (exact) mass is 356 g/mol. The largest absolute Gasteiger partial charge is 0.289 e. The number of nitrogens with zero attached hydrogens (tertiary/aromatic N) is 2. The van der Waals surface area contributed by atoms with Gasteiger partial charge in [0, 0.05) is 22.8 Å². The molecule has 3 rings (SSSR count). The number of allylic oxidation sites excluding steroid dienone is 2. The quantitative estimate of drug-likeness (QED) is 0.621. The molecule has 8 heteroatoms. The Balaban J connectivity index is 2.12. The summed E-state index contributed by atoms with van der Waals surface area (Å²) in [5, 5.41) is 11.0. The number of ketones is 1. The molecule has 126 valence electrons. The van der Waals surface area contributed by atoms with Crippen LogP contribution in [0.5, 0.6) is 0 Å². The highest BCUT2D eigenvalue weighted by Crippen LogP contribution is 2.25. The van der Waals surface area contributed by atoms with E-state index in [0.717, 1.165) is 6.07 Å². The first-order valence-electron chi connectivity index (χ1n) is 7.21. The predicted molar refractivity (Wildman–Crippen MR) is 91.5 cm³/mol. The molecule has 1 aliphatic rings. The lowest BCUT2D eigenvalue weighted by Gasteiger charge is -2.11. The van der Waals surface area contributed by atoms with Crippen LogP contribution >= 0.6 is 0 Å². The van der Waals surface area contributed by atoms with Gasteiger partial charge in [-0.1, -0.05) is 30.3 Å². The molecule has 0 fully saturated rings. The van der Waals surface area contributed by atoms with Crippen LogP contribution in [-0.4, -0.2) is 24.8 Å². The lowest BCUT2D eigenvalue weighted by atomic mass is 9.95. The molecule has 0 radical (unpaired) electrons. The van der Waals surface area contributed by atoms with Crippen LogP contribution in [0.3, 0.4) is 0 Å². The molecule has 2 aromatic carbocycles. The van der Waals surface area contributed by atoms with Crippen molar-refractivity contribution in [3.8, 4) is 0 Å². The molecule has 0 amide bonds. The Morgan fingerprint density at radius 1 is 1.04 bits per heavy atom. The fraction of sp³-hybridized carbons (Fsp3) is 0.0588. The molecule has 0 atom stereocenters. The van der Waals surface area contributed by atoms with Crippen LogP contribution in [-0.2, 0) is 10.0 Å². The summed E-state index contributed by atoms with van der Waals surface area (Å²) in [6.07, 6.45) is 2.57. The molecule has 0 unspecified atom stereocenters. The van der Waals surface area contributed by atoms with Crippen LogP contribution in [0, 0.1) is 17.0 Å². The van der Waals surface area contributed by atoms with Crippen molar-refractivity contribution in [3.05, 3.63) is 81.4 Å². The van der Waals surface area contributed by atoms with E-state index in [4.69, 9.17) is 0 Å². The number of sulfonamides is 1. The van der Waals surface area contributed by atoms with Crippen molar-refractivity contribution >= 4 is 27.2 Å². The Hall–Kier alpha value is -3.13. The summed E-state index contributed by atoms with van der Waals surface area (Å²) < 4.78 is 28.9. The van der Waals surface area contributed by atoms with Gasteiger partial charge in [0.2, 0.25) is 0 Å². The molecule has 0 saturated heterocycles. The second-order valence-corrected chi connectivity index (χ2v) is 7.00. The maximum Gasteiger partial charge on any atom is 0.283 e. The molecule has 0 heterocycles. The van der Waals surface area contributed by atoms with Gasteiger partial charge in [-0.05, 0) is 25.1 Å². The van der Waals surface area contributed by atoms with Crippen LogP contribution in [0.4, 0.5) is 5.69 Å². The summed E-state index contributed by atoms with van der Waals surface area (Å²) >= 11 is 0. The number of nitro benzene ring substituents is 1. The van der Waals surface area contributed by atoms with Gasteiger partial charge >= 0.3 is 0 Å². The molecule has 7 nitrogen and oxygen atoms in total. The van der Waals surface area contributed by atoms with E-state index in [1.807, 2.05) is 0 Å². The molecule has 1 aliphatic carbocycles. The zero-order valence-corrected chi connectivity index (χ0v) is 13.9. The van der Waals surface area contributed by atoms with Crippen molar-refractivity contribution in [2.45, 2.75) is 11.8 Å². The van der Waals surface area contributed by atoms with Crippen molar-refractivity contribution in [3.63, 3.8) is 0 Å². The number of fused-ring (bicyclic) bond motifs is 1. The van der Waals surface area contributed by atoms with Crippen molar-refractivity contribution in [2.75, 3.05) is 0 Å². The minimum Gasteiger partial charge on any atom is -0.289 e. The maximum absolute atomic E-state index is 12.5. The lowest BCUT2D eigenvalue weighted by molar-refractivity contribution is -0.385. The summed E-state index contributed by atoms with van der Waals surface area (Å²) in [5.41, 5.74) is 0.925. The number of hydrogen-bond acceptors (Lipinski definition) is 5. The SMILES string of the molecule is Cc1ccc(S(=O)(=O)/N=C2/C=CC(=O)c3ccccc32)cc1[N+](=O)[O-]. The molecule has 0 bridgehead atoms. The van der Waals surface area contributed by atoms with Gasteiger partial charge in [0.1, 0.15) is 0 Å². The van der Waals surface area contributed by atoms with E-state index in [2.05, 4.69) is 4.40 Å². The zero-order chi connectivity index (χ0) is 18.2. The van der Waals surface area contributed by atoms with E-state index in [-0.39, 0.29) is 22.1 Å². The van der Waals surface area contributed by atoms with Crippen LogP contribution in [0.25, 0.3) is 0 Å². The molecular formula is C17H12N2O5S. The van der Waals surface area contributed by atoms with Crippen LogP contribution in [0.15, 0.2) is 63.9 Å². The highest BCUT2D eigenvalue weighted by Gasteiger charge is 2.23. The van der Waals surface area contributed by atoms with Crippen molar-refractivity contribution in [1.29, 1.82) is 0 Å². The Labute approximate surface area is 143 Å². The minimum atomic E-state index is -4.17. The van der Waals surface area contributed by atoms with E-state index in [9.17, 15) is 23.3 Å². The summed E-state index contributed by atoms with van der Waals surface area (Å²) in [6.45, 7) is 1.52. The number of hydrogen-bond donors (Lipinski definition) is 0. The van der Waals surface area contributed by atoms with Crippen molar-refractivity contribution in [1.82, 2.24) is 0 Å². The first-order chi connectivity index (χ1) is 11.8. The van der Waals surface area contributed by atoms with Crippen LogP contribution < -0.4 is 0 Å². The molecule has 0 spiro atoms. The number of benzene rings is 2. The molecule has 0 saturated carbocycles. The fourth-order valence-corrected chi connectivity index (χ4v) is 3.49. The van der Waals surface area contributed by atoms with E-state index < -0.39 is 14.9 Å². The third kappa shape index (κ3) is 3.11. The second-order valence-electron chi connectivity index (χ2n) is 5.40. The third-order valence-electron chi connectivity index (χ3n) is 3.75. The number of rotatable bonds is 3. The Morgan fingerprint density at radius 3 is 2.40 bits per heavy atom. The average molecular weight is 356 g/mol. The van der Waals surface area contributed by atoms with Gasteiger partial charge in [-0.25, -0.2) is 0 Å². The average Bonchev–Trinajstić information content (AvgIpc) is 2.57. The Kier molecular flexibility index (Phi) is 4.05. The smallest absolute Gasteiger partial charge is 0.283 e. The number of carbonyl (C=O) groups excluding carboxylic acids is 1. The first-order valence-corrected chi connectivity index (χ1v) is 8.65. The topological polar surface area (TPSA) is 107 Å². The van der Waals surface area contributed by atoms with Gasteiger partial charge < -0.3 is 0 Å². The maximum atomic E-state index is 12.5. The Morgan fingerprint density at radius 2 is 1.72 bits per heavy atom. The molecule has 2 aromatic rings. The Bertz CT molecular complexity index is 1070. The molecular weight excluding hydrogens is 344 g/mol. The van der Waals surface area contributed by atoms with E-state index >= 15 is 0 Å². The van der Waals surface area contributed by atoms with E-state index in [1.54, 1.807) is 24.3 Å². The fourth-order valence-electron chi connectivity index (χ4n) is 2.46. The van der Waals surface area contributed by atoms with E-state index in [0.29, 0.717) is 16.7 Å². The predicted octanol–water partition coefficient (Wildman–Crippen LogP) is 2.83. The number of aryl methyl sites for hydroxylation is 1. The lowest BCUT2D eigenvalue weighted by Crippen LogP contribution is -2.14. The van der Waals surface area contributed by atoms with Crippen LogP contribution in [0.2, 0.25) is 0 Å². The first kappa shape index (κ1) is 16.7. The zero-order valence-electron chi connectivity index (χ0n) is 13.0. The van der Waals surface area contributed by atoms with Crippen LogP contribution in [0.1, 0.15) is 21.5 Å². The standard InChI is InChI=1S/C17H12N2O5S/c1-11-6-7-12(10-16(11)19(21)22)25(23,24)18-15-8-9-17(20)14-5-3-2-4-13(14)15/h2-10H,1H3/b18-15-. The summed E-state index contributed by atoms with van der Waals surface area (Å²) in [4.78, 5) is 22.0. The molecule has 0 N–H and O–H groups in total. The van der Waals surface area contributed by atoms with E-state index in [1.165, 1.54) is 31.2 Å². The number of nitro groups is 1. The summed E-state index contributed by atoms with van der Waals surface area (Å²) in [6, 6.07) is 10.1. The van der Waals surface area contributed by atoms with Crippen molar-refractivity contribution in [2.24, 2.45) is 4.40 Å². The second kappa shape index (κ2) is 6.06. The summed E-state index contributed by atoms with van der Waals surface area (Å²) in [5.74, 6) is -0.238. The molecule has 0 aliphatic heterocycles. The minimum absolute atomic E-state index is 0.110. The van der Waals surface area contributed by atoms with Gasteiger partial charge in [-0.2, -0.15) is 12.8 Å². The van der Waals surface area contributed by atoms with Gasteiger partial charge in [-0.15, -0.1) is 0 Å². The van der Waals surface area contributed by atoms with Gasteiger partial charge in [0.05, 0.1) is 15.5 Å². The molecule has 0 aromatic heterocycles. The third-order valence-corrected chi connectivity index (χ3v) is 5.04. The molecule has 25 heavy (non-hydrogen) atoms. The highest BCUT2D eigenvalue weighted by atomic mass is 32.2. The normalized spacial score (nSPS) is 15.2. The highest BCUT2D eigenvalue weighted by molar-refractivity contribution is 7.90. The van der Waals surface area contributed by atoms with Crippen molar-refractivity contribution < 1.29 is 18.1 Å². The van der Waals surface area contributed by atoms with Gasteiger partial charge in [0.15, 0.2) is 5.78 Å².